The molecule has 2 atom stereocenters. The highest BCUT2D eigenvalue weighted by molar-refractivity contribution is 5.85. The Hall–Kier alpha value is -1.10. The molecule has 1 amide bonds. The van der Waals surface area contributed by atoms with Gasteiger partial charge in [0.15, 0.2) is 0 Å². The molecule has 1 N–H and O–H groups in total. The third-order valence-corrected chi connectivity index (χ3v) is 4.51. The molecule has 20 heavy (non-hydrogen) atoms. The summed E-state index contributed by atoms with van der Waals surface area (Å²) in [6, 6.07) is -0.603. The highest BCUT2D eigenvalue weighted by atomic mass is 16.5. The molecule has 1 heterocycles. The van der Waals surface area contributed by atoms with Crippen molar-refractivity contribution in [2.45, 2.75) is 63.5 Å². The quantitative estimate of drug-likeness (QED) is 0.629. The summed E-state index contributed by atoms with van der Waals surface area (Å²) in [7, 11) is 1.32. The highest BCUT2D eigenvalue weighted by Crippen LogP contribution is 2.28. The topological polar surface area (TPSA) is 66.8 Å². The second kappa shape index (κ2) is 7.07. The number of amides is 1. The number of β-amino-alcohol motifs (C(OH)–C–C–N with tert-alkyl or cyclic N) is 1. The molecule has 0 aromatic carbocycles. The van der Waals surface area contributed by atoms with Crippen molar-refractivity contribution in [1.82, 2.24) is 4.90 Å². The van der Waals surface area contributed by atoms with E-state index in [0.717, 1.165) is 12.8 Å². The number of ether oxygens (including phenoxy) is 1. The lowest BCUT2D eigenvalue weighted by Gasteiger charge is -2.24. The maximum atomic E-state index is 12.4. The molecule has 5 nitrogen and oxygen atoms in total. The Morgan fingerprint density at radius 2 is 1.85 bits per heavy atom. The minimum atomic E-state index is -0.614. The summed E-state index contributed by atoms with van der Waals surface area (Å²) >= 11 is 0. The van der Waals surface area contributed by atoms with Crippen LogP contribution in [0.3, 0.4) is 0 Å². The van der Waals surface area contributed by atoms with Crippen LogP contribution in [-0.2, 0) is 14.3 Å². The fourth-order valence-electron chi connectivity index (χ4n) is 3.38. The second-order valence-electron chi connectivity index (χ2n) is 6.04. The van der Waals surface area contributed by atoms with E-state index in [1.807, 2.05) is 0 Å². The van der Waals surface area contributed by atoms with Gasteiger partial charge in [-0.05, 0) is 18.8 Å². The molecule has 114 valence electrons. The van der Waals surface area contributed by atoms with Crippen LogP contribution in [0.1, 0.15) is 51.4 Å². The molecule has 0 bridgehead atoms. The molecule has 0 aromatic heterocycles. The molecule has 2 fully saturated rings. The van der Waals surface area contributed by atoms with Gasteiger partial charge >= 0.3 is 5.97 Å². The number of esters is 1. The van der Waals surface area contributed by atoms with E-state index >= 15 is 0 Å². The number of aliphatic hydroxyl groups excluding tert-OH is 1. The van der Waals surface area contributed by atoms with E-state index in [4.69, 9.17) is 4.74 Å². The van der Waals surface area contributed by atoms with Crippen LogP contribution in [0.4, 0.5) is 0 Å². The molecule has 0 spiro atoms. The Labute approximate surface area is 120 Å². The Morgan fingerprint density at radius 1 is 1.20 bits per heavy atom. The Morgan fingerprint density at radius 3 is 2.45 bits per heavy atom. The van der Waals surface area contributed by atoms with Gasteiger partial charge < -0.3 is 14.7 Å². The van der Waals surface area contributed by atoms with Crippen LogP contribution in [0, 0.1) is 5.92 Å². The lowest BCUT2D eigenvalue weighted by atomic mass is 9.96. The van der Waals surface area contributed by atoms with E-state index in [1.165, 1.54) is 37.7 Å². The fourth-order valence-corrected chi connectivity index (χ4v) is 3.38. The molecule has 1 aliphatic carbocycles. The van der Waals surface area contributed by atoms with Gasteiger partial charge in [0.2, 0.25) is 5.91 Å². The molecule has 0 radical (unpaired) electrons. The molecule has 1 aliphatic heterocycles. The monoisotopic (exact) mass is 283 g/mol. The van der Waals surface area contributed by atoms with E-state index < -0.39 is 18.1 Å². The van der Waals surface area contributed by atoms with Crippen molar-refractivity contribution < 1.29 is 19.4 Å². The van der Waals surface area contributed by atoms with Crippen LogP contribution in [-0.4, -0.2) is 47.7 Å². The van der Waals surface area contributed by atoms with Gasteiger partial charge in [-0.3, -0.25) is 4.79 Å². The highest BCUT2D eigenvalue weighted by Gasteiger charge is 2.39. The normalized spacial score (nSPS) is 28.2. The summed E-state index contributed by atoms with van der Waals surface area (Å²) in [5.74, 6) is 0.000608. The molecule has 5 heteroatoms. The number of carbonyl (C=O) groups is 2. The summed E-state index contributed by atoms with van der Waals surface area (Å²) in [5.41, 5.74) is 0. The van der Waals surface area contributed by atoms with Crippen molar-refractivity contribution in [2.24, 2.45) is 5.92 Å². The largest absolute Gasteiger partial charge is 0.467 e. The summed E-state index contributed by atoms with van der Waals surface area (Å²) in [4.78, 5) is 25.6. The summed E-state index contributed by atoms with van der Waals surface area (Å²) in [6.07, 6.45) is 7.30. The minimum absolute atomic E-state index is 0.0103. The average molecular weight is 283 g/mol. The number of aliphatic hydroxyl groups is 1. The first-order valence-electron chi connectivity index (χ1n) is 7.67. The maximum absolute atomic E-state index is 12.4. The standard InChI is InChI=1S/C15H25NO4/c1-20-15(19)13-9-12(17)10-16(13)14(18)8-11-6-4-2-3-5-7-11/h11-13,17H,2-10H2,1H3. The van der Waals surface area contributed by atoms with Gasteiger partial charge in [-0.1, -0.05) is 25.7 Å². The van der Waals surface area contributed by atoms with E-state index in [1.54, 1.807) is 0 Å². The summed E-state index contributed by atoms with van der Waals surface area (Å²) < 4.78 is 4.73. The number of rotatable bonds is 3. The molecular formula is C15H25NO4. The number of nitrogens with zero attached hydrogens (tertiary/aromatic N) is 1. The Bertz CT molecular complexity index is 350. The van der Waals surface area contributed by atoms with E-state index in [-0.39, 0.29) is 12.5 Å². The first-order valence-corrected chi connectivity index (χ1v) is 7.67. The van der Waals surface area contributed by atoms with Crippen LogP contribution in [0.25, 0.3) is 0 Å². The summed E-state index contributed by atoms with van der Waals surface area (Å²) in [6.45, 7) is 0.255. The predicted molar refractivity (Wildman–Crippen MR) is 73.9 cm³/mol. The third kappa shape index (κ3) is 3.72. The van der Waals surface area contributed by atoms with Gasteiger partial charge in [-0.15, -0.1) is 0 Å². The number of hydrogen-bond acceptors (Lipinski definition) is 4. The molecule has 0 aromatic rings. The Kier molecular flexibility index (Phi) is 5.40. The SMILES string of the molecule is COC(=O)C1CC(O)CN1C(=O)CC1CCCCCC1. The van der Waals surface area contributed by atoms with Gasteiger partial charge in [0.25, 0.3) is 0 Å². The first kappa shape index (κ1) is 15.3. The molecule has 1 saturated heterocycles. The Balaban J connectivity index is 1.94. The number of likely N-dealkylation sites (tertiary alicyclic amines) is 1. The van der Waals surface area contributed by atoms with Crippen molar-refractivity contribution >= 4 is 11.9 Å². The van der Waals surface area contributed by atoms with Gasteiger partial charge in [0.1, 0.15) is 6.04 Å². The van der Waals surface area contributed by atoms with Gasteiger partial charge in [-0.2, -0.15) is 0 Å². The summed E-state index contributed by atoms with van der Waals surface area (Å²) in [5, 5.41) is 9.71. The molecule has 2 unspecified atom stereocenters. The van der Waals surface area contributed by atoms with Crippen molar-refractivity contribution in [3.05, 3.63) is 0 Å². The lowest BCUT2D eigenvalue weighted by Crippen LogP contribution is -2.41. The van der Waals surface area contributed by atoms with Crippen LogP contribution < -0.4 is 0 Å². The fraction of sp³-hybridized carbons (Fsp3) is 0.867. The van der Waals surface area contributed by atoms with Gasteiger partial charge in [-0.25, -0.2) is 4.79 Å². The predicted octanol–water partition coefficient (Wildman–Crippen LogP) is 1.48. The molecular weight excluding hydrogens is 258 g/mol. The lowest BCUT2D eigenvalue weighted by molar-refractivity contribution is -0.151. The van der Waals surface area contributed by atoms with E-state index in [0.29, 0.717) is 18.8 Å². The zero-order valence-electron chi connectivity index (χ0n) is 12.2. The van der Waals surface area contributed by atoms with Gasteiger partial charge in [0, 0.05) is 19.4 Å². The molecule has 2 aliphatic rings. The van der Waals surface area contributed by atoms with Crippen molar-refractivity contribution in [2.75, 3.05) is 13.7 Å². The number of hydrogen-bond donors (Lipinski definition) is 1. The van der Waals surface area contributed by atoms with Crippen LogP contribution in [0.15, 0.2) is 0 Å². The van der Waals surface area contributed by atoms with E-state index in [2.05, 4.69) is 0 Å². The molecule has 2 rings (SSSR count). The van der Waals surface area contributed by atoms with Crippen LogP contribution >= 0.6 is 0 Å². The zero-order valence-corrected chi connectivity index (χ0v) is 12.2. The van der Waals surface area contributed by atoms with Crippen molar-refractivity contribution in [3.8, 4) is 0 Å². The van der Waals surface area contributed by atoms with Gasteiger partial charge in [0.05, 0.1) is 13.2 Å². The average Bonchev–Trinajstić information content (AvgIpc) is 2.65. The second-order valence-corrected chi connectivity index (χ2v) is 6.04. The van der Waals surface area contributed by atoms with Crippen LogP contribution in [0.5, 0.6) is 0 Å². The minimum Gasteiger partial charge on any atom is -0.467 e. The number of carbonyl (C=O) groups excluding carboxylic acids is 2. The smallest absolute Gasteiger partial charge is 0.328 e. The number of methoxy groups -OCH3 is 1. The van der Waals surface area contributed by atoms with Crippen LogP contribution in [0.2, 0.25) is 0 Å². The van der Waals surface area contributed by atoms with Crippen molar-refractivity contribution in [3.63, 3.8) is 0 Å². The maximum Gasteiger partial charge on any atom is 0.328 e. The van der Waals surface area contributed by atoms with Crippen molar-refractivity contribution in [1.29, 1.82) is 0 Å². The first-order chi connectivity index (χ1) is 9.61. The van der Waals surface area contributed by atoms with E-state index in [9.17, 15) is 14.7 Å². The zero-order chi connectivity index (χ0) is 14.5. The molecule has 1 saturated carbocycles. The third-order valence-electron chi connectivity index (χ3n) is 4.51.